The summed E-state index contributed by atoms with van der Waals surface area (Å²) < 4.78 is 1.97. The lowest BCUT2D eigenvalue weighted by molar-refractivity contribution is 0.664. The molecule has 3 aromatic heterocycles. The van der Waals surface area contributed by atoms with E-state index in [-0.39, 0.29) is 0 Å². The molecule has 1 aliphatic carbocycles. The fourth-order valence-electron chi connectivity index (χ4n) is 2.87. The Morgan fingerprint density at radius 1 is 1.10 bits per heavy atom. The lowest BCUT2D eigenvalue weighted by atomic mass is 9.96. The molecule has 0 bridgehead atoms. The third-order valence-corrected chi connectivity index (χ3v) is 3.91. The van der Waals surface area contributed by atoms with Crippen molar-refractivity contribution in [3.8, 4) is 11.5 Å². The first-order valence-electron chi connectivity index (χ1n) is 7.15. The van der Waals surface area contributed by atoms with Crippen LogP contribution in [0.1, 0.15) is 24.1 Å². The van der Waals surface area contributed by atoms with Gasteiger partial charge in [0, 0.05) is 23.7 Å². The van der Waals surface area contributed by atoms with Crippen LogP contribution in [0.15, 0.2) is 30.6 Å². The number of rotatable bonds is 2. The van der Waals surface area contributed by atoms with E-state index in [1.54, 1.807) is 0 Å². The van der Waals surface area contributed by atoms with E-state index in [2.05, 4.69) is 15.4 Å². The molecule has 0 unspecified atom stereocenters. The normalized spacial score (nSPS) is 14.1. The Morgan fingerprint density at radius 3 is 2.86 bits per heavy atom. The minimum atomic E-state index is 0.632. The summed E-state index contributed by atoms with van der Waals surface area (Å²) >= 11 is 0. The average molecular weight is 280 g/mol. The van der Waals surface area contributed by atoms with Crippen LogP contribution in [0, 0.1) is 0 Å². The van der Waals surface area contributed by atoms with Gasteiger partial charge in [0.1, 0.15) is 17.2 Å². The van der Waals surface area contributed by atoms with Crippen molar-refractivity contribution >= 4 is 11.5 Å². The number of imidazole rings is 1. The first-order valence-corrected chi connectivity index (χ1v) is 7.15. The zero-order valence-corrected chi connectivity index (χ0v) is 11.6. The number of fused-ring (bicyclic) bond motifs is 2. The molecule has 21 heavy (non-hydrogen) atoms. The fourth-order valence-corrected chi connectivity index (χ4v) is 2.87. The molecule has 6 nitrogen and oxygen atoms in total. The molecule has 0 fully saturated rings. The number of aryl methyl sites for hydroxylation is 1. The van der Waals surface area contributed by atoms with Crippen molar-refractivity contribution in [2.75, 3.05) is 5.43 Å². The molecule has 1 aliphatic rings. The van der Waals surface area contributed by atoms with Crippen LogP contribution in [-0.2, 0) is 12.8 Å². The van der Waals surface area contributed by atoms with Gasteiger partial charge in [-0.25, -0.2) is 20.8 Å². The second kappa shape index (κ2) is 4.82. The Kier molecular flexibility index (Phi) is 2.82. The number of hydrazine groups is 1. The molecule has 0 amide bonds. The second-order valence-electron chi connectivity index (χ2n) is 5.26. The van der Waals surface area contributed by atoms with Crippen LogP contribution in [-0.4, -0.2) is 19.4 Å². The molecule has 3 aromatic rings. The molecule has 106 valence electrons. The number of hydrogen-bond donors (Lipinski definition) is 2. The summed E-state index contributed by atoms with van der Waals surface area (Å²) in [6.45, 7) is 0. The minimum absolute atomic E-state index is 0.632. The van der Waals surface area contributed by atoms with Crippen LogP contribution in [0.2, 0.25) is 0 Å². The van der Waals surface area contributed by atoms with E-state index in [4.69, 9.17) is 10.8 Å². The van der Waals surface area contributed by atoms with Gasteiger partial charge >= 0.3 is 0 Å². The van der Waals surface area contributed by atoms with Gasteiger partial charge in [-0.05, 0) is 37.8 Å². The third kappa shape index (κ3) is 2.04. The van der Waals surface area contributed by atoms with Crippen LogP contribution in [0.5, 0.6) is 0 Å². The number of nitrogens with two attached hydrogens (primary N) is 1. The number of nitrogens with zero attached hydrogens (tertiary/aromatic N) is 4. The zero-order valence-electron chi connectivity index (χ0n) is 11.6. The van der Waals surface area contributed by atoms with Crippen LogP contribution < -0.4 is 11.3 Å². The molecule has 0 saturated carbocycles. The number of hydrogen-bond acceptors (Lipinski definition) is 5. The van der Waals surface area contributed by atoms with Gasteiger partial charge in [0.05, 0.1) is 0 Å². The van der Waals surface area contributed by atoms with Crippen LogP contribution in [0.25, 0.3) is 17.2 Å². The van der Waals surface area contributed by atoms with Crippen LogP contribution in [0.4, 0.5) is 5.82 Å². The molecule has 4 rings (SSSR count). The smallest absolute Gasteiger partial charge is 0.182 e. The van der Waals surface area contributed by atoms with Gasteiger partial charge in [0.25, 0.3) is 0 Å². The Bertz CT molecular complexity index is 757. The maximum atomic E-state index is 5.63. The summed E-state index contributed by atoms with van der Waals surface area (Å²) in [5.41, 5.74) is 6.61. The van der Waals surface area contributed by atoms with Gasteiger partial charge in [0.15, 0.2) is 5.82 Å². The SMILES string of the molecule is NNc1nc(-c2cn3ccccc3n2)nc2c1CCCC2. The highest BCUT2D eigenvalue weighted by molar-refractivity contribution is 5.60. The maximum Gasteiger partial charge on any atom is 0.182 e. The molecule has 0 aliphatic heterocycles. The largest absolute Gasteiger partial charge is 0.308 e. The molecule has 3 N–H and O–H groups in total. The monoisotopic (exact) mass is 280 g/mol. The maximum absolute atomic E-state index is 5.63. The van der Waals surface area contributed by atoms with Crippen molar-refractivity contribution in [3.05, 3.63) is 41.9 Å². The summed E-state index contributed by atoms with van der Waals surface area (Å²) in [5.74, 6) is 6.99. The van der Waals surface area contributed by atoms with Crippen molar-refractivity contribution in [2.24, 2.45) is 5.84 Å². The number of pyridine rings is 1. The van der Waals surface area contributed by atoms with E-state index in [0.717, 1.165) is 41.3 Å². The Labute approximate surface area is 122 Å². The van der Waals surface area contributed by atoms with E-state index < -0.39 is 0 Å². The van der Waals surface area contributed by atoms with Crippen molar-refractivity contribution in [1.29, 1.82) is 0 Å². The number of nitrogens with one attached hydrogen (secondary N) is 1. The van der Waals surface area contributed by atoms with Crippen molar-refractivity contribution in [1.82, 2.24) is 19.4 Å². The molecule has 0 spiro atoms. The number of nitrogen functional groups attached to an aromatic ring is 1. The first-order chi connectivity index (χ1) is 10.3. The first kappa shape index (κ1) is 12.3. The molecule has 0 radical (unpaired) electrons. The van der Waals surface area contributed by atoms with Gasteiger partial charge in [-0.15, -0.1) is 0 Å². The van der Waals surface area contributed by atoms with Crippen molar-refractivity contribution < 1.29 is 0 Å². The van der Waals surface area contributed by atoms with Crippen molar-refractivity contribution in [2.45, 2.75) is 25.7 Å². The summed E-state index contributed by atoms with van der Waals surface area (Å²) in [7, 11) is 0. The molecule has 0 aromatic carbocycles. The lowest BCUT2D eigenvalue weighted by Crippen LogP contribution is -2.17. The quantitative estimate of drug-likeness (QED) is 0.554. The summed E-state index contributed by atoms with van der Waals surface area (Å²) in [6.07, 6.45) is 8.21. The van der Waals surface area contributed by atoms with Gasteiger partial charge in [-0.3, -0.25) is 0 Å². The highest BCUT2D eigenvalue weighted by Gasteiger charge is 2.19. The van der Waals surface area contributed by atoms with Gasteiger partial charge in [-0.2, -0.15) is 0 Å². The van der Waals surface area contributed by atoms with Crippen LogP contribution >= 0.6 is 0 Å². The number of aromatic nitrogens is 4. The average Bonchev–Trinajstić information content (AvgIpc) is 2.98. The molecular weight excluding hydrogens is 264 g/mol. The van der Waals surface area contributed by atoms with Crippen LogP contribution in [0.3, 0.4) is 0 Å². The van der Waals surface area contributed by atoms with E-state index in [1.165, 1.54) is 12.8 Å². The van der Waals surface area contributed by atoms with Gasteiger partial charge < -0.3 is 9.83 Å². The lowest BCUT2D eigenvalue weighted by Gasteiger charge is -2.18. The third-order valence-electron chi connectivity index (χ3n) is 3.91. The summed E-state index contributed by atoms with van der Waals surface area (Å²) in [6, 6.07) is 5.90. The van der Waals surface area contributed by atoms with E-state index in [1.807, 2.05) is 35.0 Å². The van der Waals surface area contributed by atoms with Crippen molar-refractivity contribution in [3.63, 3.8) is 0 Å². The highest BCUT2D eigenvalue weighted by atomic mass is 15.3. The summed E-state index contributed by atoms with van der Waals surface area (Å²) in [4.78, 5) is 13.8. The molecule has 0 saturated heterocycles. The number of anilines is 1. The van der Waals surface area contributed by atoms with E-state index >= 15 is 0 Å². The highest BCUT2D eigenvalue weighted by Crippen LogP contribution is 2.27. The second-order valence-corrected chi connectivity index (χ2v) is 5.26. The Balaban J connectivity index is 1.87. The molecule has 0 atom stereocenters. The topological polar surface area (TPSA) is 81.1 Å². The molecule has 3 heterocycles. The Hall–Kier alpha value is -2.47. The van der Waals surface area contributed by atoms with E-state index in [9.17, 15) is 0 Å². The predicted octanol–water partition coefficient (Wildman–Crippen LogP) is 1.96. The van der Waals surface area contributed by atoms with Gasteiger partial charge in [-0.1, -0.05) is 6.07 Å². The standard InChI is InChI=1S/C15H16N6/c16-20-14-10-5-1-2-6-11(10)18-15(19-14)12-9-21-8-4-3-7-13(21)17-12/h3-4,7-9H,1-2,5-6,16H2,(H,18,19,20). The van der Waals surface area contributed by atoms with E-state index in [0.29, 0.717) is 5.82 Å². The predicted molar refractivity (Wildman–Crippen MR) is 80.7 cm³/mol. The Morgan fingerprint density at radius 2 is 2.00 bits per heavy atom. The summed E-state index contributed by atoms with van der Waals surface area (Å²) in [5, 5.41) is 0. The molecular formula is C15H16N6. The molecule has 6 heteroatoms. The minimum Gasteiger partial charge on any atom is -0.308 e. The fraction of sp³-hybridized carbons (Fsp3) is 0.267. The zero-order chi connectivity index (χ0) is 14.2. The van der Waals surface area contributed by atoms with Gasteiger partial charge in [0.2, 0.25) is 0 Å².